The summed E-state index contributed by atoms with van der Waals surface area (Å²) in [5.41, 5.74) is 3.39. The maximum Gasteiger partial charge on any atom is 0.126 e. The number of nitrogens with one attached hydrogen (secondary N) is 2. The average Bonchev–Trinajstić information content (AvgIpc) is 2.96. The Kier molecular flexibility index (Phi) is 4.17. The fourth-order valence-electron chi connectivity index (χ4n) is 3.29. The van der Waals surface area contributed by atoms with E-state index in [0.29, 0.717) is 12.4 Å². The first kappa shape index (κ1) is 15.1. The highest BCUT2D eigenvalue weighted by Crippen LogP contribution is 2.32. The van der Waals surface area contributed by atoms with Crippen LogP contribution in [0.25, 0.3) is 10.9 Å². The Labute approximate surface area is 140 Å². The monoisotopic (exact) mass is 325 g/mol. The van der Waals surface area contributed by atoms with E-state index in [1.807, 2.05) is 12.3 Å². The van der Waals surface area contributed by atoms with Gasteiger partial charge >= 0.3 is 0 Å². The standard InChI is InChI=1S/C19H20FN3O/c20-15-5-6-16-17(2-1-9-24-19(16)11-15)21-8-7-13-3-4-14-12-22-23-18(14)10-13/h3-6,10-12,17,21H,1-2,7-9H2,(H,22,23). The first-order valence-electron chi connectivity index (χ1n) is 8.37. The van der Waals surface area contributed by atoms with Gasteiger partial charge in [-0.1, -0.05) is 18.2 Å². The molecule has 1 unspecified atom stereocenters. The predicted molar refractivity (Wildman–Crippen MR) is 91.7 cm³/mol. The lowest BCUT2D eigenvalue weighted by Gasteiger charge is -2.18. The number of hydrogen-bond donors (Lipinski definition) is 2. The molecule has 1 aromatic heterocycles. The number of benzene rings is 2. The van der Waals surface area contributed by atoms with E-state index >= 15 is 0 Å². The van der Waals surface area contributed by atoms with Gasteiger partial charge in [0.25, 0.3) is 0 Å². The van der Waals surface area contributed by atoms with Crippen molar-refractivity contribution in [2.45, 2.75) is 25.3 Å². The van der Waals surface area contributed by atoms with Gasteiger partial charge < -0.3 is 10.1 Å². The summed E-state index contributed by atoms with van der Waals surface area (Å²) in [6, 6.07) is 11.4. The molecule has 0 amide bonds. The second-order valence-electron chi connectivity index (χ2n) is 6.22. The fourth-order valence-corrected chi connectivity index (χ4v) is 3.29. The minimum atomic E-state index is -0.248. The zero-order valence-corrected chi connectivity index (χ0v) is 13.4. The van der Waals surface area contributed by atoms with Crippen molar-refractivity contribution >= 4 is 10.9 Å². The van der Waals surface area contributed by atoms with Crippen LogP contribution >= 0.6 is 0 Å². The van der Waals surface area contributed by atoms with Crippen molar-refractivity contribution in [3.63, 3.8) is 0 Å². The van der Waals surface area contributed by atoms with Crippen molar-refractivity contribution in [1.29, 1.82) is 0 Å². The van der Waals surface area contributed by atoms with Crippen molar-refractivity contribution < 1.29 is 9.13 Å². The summed E-state index contributed by atoms with van der Waals surface area (Å²) < 4.78 is 19.1. The number of nitrogens with zero attached hydrogens (tertiary/aromatic N) is 1. The van der Waals surface area contributed by atoms with Gasteiger partial charge in [-0.05, 0) is 43.5 Å². The zero-order chi connectivity index (χ0) is 16.4. The smallest absolute Gasteiger partial charge is 0.126 e. The highest BCUT2D eigenvalue weighted by molar-refractivity contribution is 5.78. The molecule has 24 heavy (non-hydrogen) atoms. The van der Waals surface area contributed by atoms with E-state index in [9.17, 15) is 4.39 Å². The summed E-state index contributed by atoms with van der Waals surface area (Å²) in [4.78, 5) is 0. The molecule has 2 N–H and O–H groups in total. The van der Waals surface area contributed by atoms with Gasteiger partial charge in [0.15, 0.2) is 0 Å². The maximum absolute atomic E-state index is 13.4. The van der Waals surface area contributed by atoms with Crippen molar-refractivity contribution in [2.24, 2.45) is 0 Å². The minimum absolute atomic E-state index is 0.207. The lowest BCUT2D eigenvalue weighted by atomic mass is 10.0. The molecule has 0 radical (unpaired) electrons. The van der Waals surface area contributed by atoms with Crippen LogP contribution in [0.5, 0.6) is 5.75 Å². The third kappa shape index (κ3) is 3.12. The van der Waals surface area contributed by atoms with Crippen LogP contribution < -0.4 is 10.1 Å². The van der Waals surface area contributed by atoms with E-state index in [2.05, 4.69) is 33.7 Å². The maximum atomic E-state index is 13.4. The van der Waals surface area contributed by atoms with Gasteiger partial charge in [-0.2, -0.15) is 5.10 Å². The quantitative estimate of drug-likeness (QED) is 0.768. The molecule has 1 aliphatic heterocycles. The molecule has 4 nitrogen and oxygen atoms in total. The Hall–Kier alpha value is -2.40. The van der Waals surface area contributed by atoms with E-state index in [1.54, 1.807) is 0 Å². The van der Waals surface area contributed by atoms with E-state index in [1.165, 1.54) is 17.7 Å². The number of fused-ring (bicyclic) bond motifs is 2. The summed E-state index contributed by atoms with van der Waals surface area (Å²) in [7, 11) is 0. The normalized spacial score (nSPS) is 17.3. The topological polar surface area (TPSA) is 49.9 Å². The van der Waals surface area contributed by atoms with Crippen molar-refractivity contribution in [3.05, 3.63) is 59.5 Å². The number of halogens is 1. The lowest BCUT2D eigenvalue weighted by molar-refractivity contribution is 0.314. The molecule has 2 heterocycles. The van der Waals surface area contributed by atoms with Crippen LogP contribution in [0.4, 0.5) is 4.39 Å². The van der Waals surface area contributed by atoms with Gasteiger partial charge in [0.05, 0.1) is 18.3 Å². The number of H-pyrrole nitrogens is 1. The Morgan fingerprint density at radius 2 is 2.21 bits per heavy atom. The molecule has 124 valence electrons. The number of aromatic nitrogens is 2. The summed E-state index contributed by atoms with van der Waals surface area (Å²) in [6.45, 7) is 1.51. The molecule has 1 atom stereocenters. The van der Waals surface area contributed by atoms with Gasteiger partial charge in [0.2, 0.25) is 0 Å². The Morgan fingerprint density at radius 3 is 3.17 bits per heavy atom. The molecule has 0 saturated carbocycles. The van der Waals surface area contributed by atoms with Crippen LogP contribution in [-0.4, -0.2) is 23.3 Å². The van der Waals surface area contributed by atoms with E-state index < -0.39 is 0 Å². The van der Waals surface area contributed by atoms with Crippen LogP contribution in [0, 0.1) is 5.82 Å². The summed E-state index contributed by atoms with van der Waals surface area (Å²) in [5, 5.41) is 11.8. The van der Waals surface area contributed by atoms with Crippen LogP contribution in [0.2, 0.25) is 0 Å². The molecule has 2 aromatic carbocycles. The molecule has 0 bridgehead atoms. The first-order chi connectivity index (χ1) is 11.8. The molecule has 3 aromatic rings. The van der Waals surface area contributed by atoms with Crippen molar-refractivity contribution in [1.82, 2.24) is 15.5 Å². The molecule has 0 saturated heterocycles. The van der Waals surface area contributed by atoms with Crippen LogP contribution in [0.1, 0.15) is 30.0 Å². The largest absolute Gasteiger partial charge is 0.493 e. The average molecular weight is 325 g/mol. The number of rotatable bonds is 4. The molecule has 4 rings (SSSR count). The molecular formula is C19H20FN3O. The number of hydrogen-bond acceptors (Lipinski definition) is 3. The summed E-state index contributed by atoms with van der Waals surface area (Å²) in [6.07, 6.45) is 4.73. The predicted octanol–water partition coefficient (Wildman–Crippen LogP) is 3.75. The molecule has 0 fully saturated rings. The summed E-state index contributed by atoms with van der Waals surface area (Å²) in [5.74, 6) is 0.422. The van der Waals surface area contributed by atoms with Gasteiger partial charge in [-0.3, -0.25) is 5.10 Å². The lowest BCUT2D eigenvalue weighted by Crippen LogP contribution is -2.23. The van der Waals surface area contributed by atoms with Gasteiger partial charge in [-0.25, -0.2) is 4.39 Å². The van der Waals surface area contributed by atoms with Gasteiger partial charge in [0, 0.05) is 23.1 Å². The second kappa shape index (κ2) is 6.61. The van der Waals surface area contributed by atoms with Gasteiger partial charge in [0.1, 0.15) is 11.6 Å². The number of ether oxygens (including phenoxy) is 1. The van der Waals surface area contributed by atoms with Gasteiger partial charge in [-0.15, -0.1) is 0 Å². The highest BCUT2D eigenvalue weighted by Gasteiger charge is 2.19. The third-order valence-electron chi connectivity index (χ3n) is 4.56. The third-order valence-corrected chi connectivity index (χ3v) is 4.56. The second-order valence-corrected chi connectivity index (χ2v) is 6.22. The number of aromatic amines is 1. The fraction of sp³-hybridized carbons (Fsp3) is 0.316. The minimum Gasteiger partial charge on any atom is -0.493 e. The molecule has 0 spiro atoms. The summed E-state index contributed by atoms with van der Waals surface area (Å²) >= 11 is 0. The van der Waals surface area contributed by atoms with E-state index in [4.69, 9.17) is 4.74 Å². The SMILES string of the molecule is Fc1ccc2c(c1)OCCCC2NCCc1ccc2cn[nH]c2c1. The van der Waals surface area contributed by atoms with Crippen molar-refractivity contribution in [3.8, 4) is 5.75 Å². The Balaban J connectivity index is 1.43. The molecule has 0 aliphatic carbocycles. The molecule has 5 heteroatoms. The molecular weight excluding hydrogens is 305 g/mol. The molecule has 1 aliphatic rings. The van der Waals surface area contributed by atoms with Crippen molar-refractivity contribution in [2.75, 3.05) is 13.2 Å². The van der Waals surface area contributed by atoms with Crippen LogP contribution in [-0.2, 0) is 6.42 Å². The highest BCUT2D eigenvalue weighted by atomic mass is 19.1. The Bertz CT molecular complexity index is 845. The van der Waals surface area contributed by atoms with Crippen LogP contribution in [0.3, 0.4) is 0 Å². The van der Waals surface area contributed by atoms with E-state index in [0.717, 1.165) is 42.3 Å². The Morgan fingerprint density at radius 1 is 1.25 bits per heavy atom. The van der Waals surface area contributed by atoms with Crippen LogP contribution in [0.15, 0.2) is 42.6 Å². The first-order valence-corrected chi connectivity index (χ1v) is 8.37. The zero-order valence-electron chi connectivity index (χ0n) is 13.4. The van der Waals surface area contributed by atoms with E-state index in [-0.39, 0.29) is 11.9 Å².